The van der Waals surface area contributed by atoms with E-state index in [-0.39, 0.29) is 5.41 Å². The van der Waals surface area contributed by atoms with Crippen molar-refractivity contribution in [2.24, 2.45) is 28.6 Å². The maximum atomic E-state index is 11.6. The Morgan fingerprint density at radius 2 is 1.57 bits per heavy atom. The fraction of sp³-hybridized carbons (Fsp3) is 1.00. The van der Waals surface area contributed by atoms with Crippen LogP contribution in [-0.4, -0.2) is 21.9 Å². The van der Waals surface area contributed by atoms with Crippen LogP contribution in [0.4, 0.5) is 0 Å². The first-order valence-corrected chi connectivity index (χ1v) is 9.32. The maximum absolute atomic E-state index is 11.6. The third-order valence-corrected chi connectivity index (χ3v) is 8.63. The fourth-order valence-electron chi connectivity index (χ4n) is 7.26. The van der Waals surface area contributed by atoms with Crippen molar-refractivity contribution < 1.29 is 10.2 Å². The molecule has 4 saturated carbocycles. The summed E-state index contributed by atoms with van der Waals surface area (Å²) in [7, 11) is 0. The molecule has 2 nitrogen and oxygen atoms in total. The van der Waals surface area contributed by atoms with Gasteiger partial charge >= 0.3 is 0 Å². The van der Waals surface area contributed by atoms with Crippen LogP contribution in [0.2, 0.25) is 0 Å². The van der Waals surface area contributed by atoms with E-state index in [1.807, 2.05) is 0 Å². The first-order valence-electron chi connectivity index (χ1n) is 9.32. The molecule has 5 unspecified atom stereocenters. The smallest absolute Gasteiger partial charge is 0.0989 e. The van der Waals surface area contributed by atoms with E-state index in [1.54, 1.807) is 0 Å². The lowest BCUT2D eigenvalue weighted by Crippen LogP contribution is -2.64. The highest BCUT2D eigenvalue weighted by Gasteiger charge is 2.67. The van der Waals surface area contributed by atoms with Crippen LogP contribution in [-0.2, 0) is 0 Å². The summed E-state index contributed by atoms with van der Waals surface area (Å²) >= 11 is 0. The van der Waals surface area contributed by atoms with Gasteiger partial charge in [-0.2, -0.15) is 0 Å². The molecule has 0 amide bonds. The van der Waals surface area contributed by atoms with Gasteiger partial charge in [-0.1, -0.05) is 26.7 Å². The Morgan fingerprint density at radius 3 is 2.38 bits per heavy atom. The monoisotopic (exact) mass is 292 g/mol. The SMILES string of the molecule is CC12CCCC[C@@H]1CCC1C2CCC2(C)CC[C@H](O)C12O. The number of fused-ring (bicyclic) bond motifs is 5. The average molecular weight is 292 g/mol. The molecule has 0 aromatic heterocycles. The minimum absolute atomic E-state index is 0.0363. The van der Waals surface area contributed by atoms with Crippen LogP contribution in [0.3, 0.4) is 0 Å². The molecule has 21 heavy (non-hydrogen) atoms. The predicted molar refractivity (Wildman–Crippen MR) is 83.8 cm³/mol. The summed E-state index contributed by atoms with van der Waals surface area (Å²) in [5.74, 6) is 1.86. The van der Waals surface area contributed by atoms with Crippen molar-refractivity contribution in [1.29, 1.82) is 0 Å². The van der Waals surface area contributed by atoms with Gasteiger partial charge < -0.3 is 10.2 Å². The quantitative estimate of drug-likeness (QED) is 0.711. The molecule has 2 heteroatoms. The Kier molecular flexibility index (Phi) is 3.09. The molecule has 4 aliphatic rings. The Bertz CT molecular complexity index is 435. The van der Waals surface area contributed by atoms with Gasteiger partial charge in [-0.15, -0.1) is 0 Å². The van der Waals surface area contributed by atoms with Gasteiger partial charge in [0.15, 0.2) is 0 Å². The van der Waals surface area contributed by atoms with E-state index in [0.717, 1.165) is 31.6 Å². The zero-order valence-corrected chi connectivity index (χ0v) is 13.8. The van der Waals surface area contributed by atoms with Gasteiger partial charge in [0.05, 0.1) is 11.7 Å². The van der Waals surface area contributed by atoms with Crippen LogP contribution in [0, 0.1) is 28.6 Å². The zero-order chi connectivity index (χ0) is 14.9. The largest absolute Gasteiger partial charge is 0.390 e. The van der Waals surface area contributed by atoms with Gasteiger partial charge in [-0.25, -0.2) is 0 Å². The lowest BCUT2D eigenvalue weighted by Gasteiger charge is -2.63. The van der Waals surface area contributed by atoms with Crippen molar-refractivity contribution in [3.63, 3.8) is 0 Å². The standard InChI is InChI=1S/C19H32O2/c1-17-11-8-14-15(19(17,21)16(20)9-12-17)7-6-13-5-3-4-10-18(13,14)2/h13-16,20-21H,3-12H2,1-2H3/t13-,14?,15?,16+,17?,18?,19?/m1/s1. The molecule has 4 fully saturated rings. The zero-order valence-electron chi connectivity index (χ0n) is 13.8. The van der Waals surface area contributed by atoms with E-state index in [0.29, 0.717) is 17.3 Å². The maximum Gasteiger partial charge on any atom is 0.0989 e. The molecule has 0 aromatic rings. The molecule has 4 aliphatic carbocycles. The summed E-state index contributed by atoms with van der Waals surface area (Å²) in [4.78, 5) is 0. The summed E-state index contributed by atoms with van der Waals surface area (Å²) in [5.41, 5.74) is -0.409. The van der Waals surface area contributed by atoms with Crippen LogP contribution < -0.4 is 0 Å². The highest BCUT2D eigenvalue weighted by Crippen LogP contribution is 2.67. The Labute approximate surface area is 129 Å². The number of hydrogen-bond donors (Lipinski definition) is 2. The van der Waals surface area contributed by atoms with Gasteiger partial charge in [0, 0.05) is 0 Å². The summed E-state index contributed by atoms with van der Waals surface area (Å²) in [6.07, 6.45) is 11.7. The van der Waals surface area contributed by atoms with Crippen molar-refractivity contribution in [3.05, 3.63) is 0 Å². The Morgan fingerprint density at radius 1 is 0.810 bits per heavy atom. The fourth-order valence-corrected chi connectivity index (χ4v) is 7.26. The van der Waals surface area contributed by atoms with E-state index < -0.39 is 11.7 Å². The molecule has 0 radical (unpaired) electrons. The van der Waals surface area contributed by atoms with Gasteiger partial charge in [-0.05, 0) is 80.0 Å². The van der Waals surface area contributed by atoms with Crippen LogP contribution in [0.15, 0.2) is 0 Å². The van der Waals surface area contributed by atoms with Crippen molar-refractivity contribution in [1.82, 2.24) is 0 Å². The summed E-state index contributed by atoms with van der Waals surface area (Å²) in [6.45, 7) is 4.76. The summed E-state index contributed by atoms with van der Waals surface area (Å²) in [6, 6.07) is 0. The highest BCUT2D eigenvalue weighted by molar-refractivity contribution is 5.17. The Balaban J connectivity index is 1.72. The molecule has 0 saturated heterocycles. The second-order valence-corrected chi connectivity index (χ2v) is 9.22. The van der Waals surface area contributed by atoms with E-state index >= 15 is 0 Å². The molecule has 0 spiro atoms. The molecule has 7 atom stereocenters. The molecule has 0 aliphatic heterocycles. The van der Waals surface area contributed by atoms with Gasteiger partial charge in [0.2, 0.25) is 0 Å². The van der Waals surface area contributed by atoms with Crippen LogP contribution in [0.1, 0.15) is 78.1 Å². The van der Waals surface area contributed by atoms with E-state index in [1.165, 1.54) is 38.5 Å². The van der Waals surface area contributed by atoms with Crippen molar-refractivity contribution >= 4 is 0 Å². The third kappa shape index (κ3) is 1.67. The molecule has 4 rings (SSSR count). The van der Waals surface area contributed by atoms with E-state index in [9.17, 15) is 10.2 Å². The van der Waals surface area contributed by atoms with Gasteiger partial charge in [0.25, 0.3) is 0 Å². The van der Waals surface area contributed by atoms with Crippen LogP contribution in [0.5, 0.6) is 0 Å². The number of aliphatic hydroxyl groups excluding tert-OH is 1. The van der Waals surface area contributed by atoms with E-state index in [4.69, 9.17) is 0 Å². The molecule has 0 aromatic carbocycles. The van der Waals surface area contributed by atoms with Crippen molar-refractivity contribution in [3.8, 4) is 0 Å². The summed E-state index contributed by atoms with van der Waals surface area (Å²) < 4.78 is 0. The molecule has 120 valence electrons. The molecule has 0 heterocycles. The predicted octanol–water partition coefficient (Wildman–Crippen LogP) is 3.90. The van der Waals surface area contributed by atoms with Gasteiger partial charge in [0.1, 0.15) is 0 Å². The normalized spacial score (nSPS) is 60.0. The first kappa shape index (κ1) is 14.5. The average Bonchev–Trinajstić information content (AvgIpc) is 2.71. The number of aliphatic hydroxyl groups is 2. The van der Waals surface area contributed by atoms with E-state index in [2.05, 4.69) is 13.8 Å². The lowest BCUT2D eigenvalue weighted by molar-refractivity contribution is -0.228. The molecule has 2 N–H and O–H groups in total. The molecule has 0 bridgehead atoms. The second-order valence-electron chi connectivity index (χ2n) is 9.22. The molecular formula is C19H32O2. The third-order valence-electron chi connectivity index (χ3n) is 8.63. The number of hydrogen-bond acceptors (Lipinski definition) is 2. The number of rotatable bonds is 0. The van der Waals surface area contributed by atoms with Crippen molar-refractivity contribution in [2.45, 2.75) is 89.8 Å². The minimum atomic E-state index is -0.804. The molecular weight excluding hydrogens is 260 g/mol. The lowest BCUT2D eigenvalue weighted by atomic mass is 9.44. The summed E-state index contributed by atoms with van der Waals surface area (Å²) in [5, 5.41) is 22.2. The van der Waals surface area contributed by atoms with Crippen LogP contribution >= 0.6 is 0 Å². The van der Waals surface area contributed by atoms with Crippen molar-refractivity contribution in [2.75, 3.05) is 0 Å². The first-order chi connectivity index (χ1) is 9.92. The minimum Gasteiger partial charge on any atom is -0.390 e. The highest BCUT2D eigenvalue weighted by atomic mass is 16.3. The Hall–Kier alpha value is -0.0800. The van der Waals surface area contributed by atoms with Crippen LogP contribution in [0.25, 0.3) is 0 Å². The topological polar surface area (TPSA) is 40.5 Å². The van der Waals surface area contributed by atoms with Gasteiger partial charge in [-0.3, -0.25) is 0 Å². The second kappa shape index (κ2) is 4.47.